The maximum atomic E-state index is 6.04. The summed E-state index contributed by atoms with van der Waals surface area (Å²) in [5.74, 6) is 1.53. The number of nitrogens with zero attached hydrogens (tertiary/aromatic N) is 3. The fourth-order valence-corrected chi connectivity index (χ4v) is 3.54. The van der Waals surface area contributed by atoms with E-state index in [2.05, 4.69) is 27.1 Å². The van der Waals surface area contributed by atoms with Crippen LogP contribution in [0.15, 0.2) is 30.5 Å². The summed E-state index contributed by atoms with van der Waals surface area (Å²) in [6.45, 7) is 3.24. The van der Waals surface area contributed by atoms with Gasteiger partial charge in [0.2, 0.25) is 5.95 Å². The molecular weight excluding hydrogens is 331 g/mol. The first-order valence-electron chi connectivity index (χ1n) is 7.98. The number of aromatic nitrogens is 2. The fourth-order valence-electron chi connectivity index (χ4n) is 3.02. The van der Waals surface area contributed by atoms with E-state index < -0.39 is 0 Å². The van der Waals surface area contributed by atoms with Gasteiger partial charge in [0.15, 0.2) is 0 Å². The molecule has 0 aliphatic carbocycles. The molecule has 2 heterocycles. The van der Waals surface area contributed by atoms with Crippen LogP contribution < -0.4 is 10.2 Å². The lowest BCUT2D eigenvalue weighted by atomic mass is 10.0. The molecule has 1 saturated heterocycles. The maximum absolute atomic E-state index is 6.04. The molecule has 4 nitrogen and oxygen atoms in total. The lowest BCUT2D eigenvalue weighted by Gasteiger charge is -2.35. The summed E-state index contributed by atoms with van der Waals surface area (Å²) < 4.78 is 0. The van der Waals surface area contributed by atoms with Gasteiger partial charge in [0.1, 0.15) is 5.82 Å². The van der Waals surface area contributed by atoms with Gasteiger partial charge in [-0.05, 0) is 49.9 Å². The smallest absolute Gasteiger partial charge is 0.227 e. The number of hydrogen-bond donors (Lipinski definition) is 1. The number of benzene rings is 1. The Kier molecular flexibility index (Phi) is 5.23. The van der Waals surface area contributed by atoms with E-state index in [9.17, 15) is 0 Å². The number of piperidine rings is 1. The van der Waals surface area contributed by atoms with Gasteiger partial charge < -0.3 is 10.2 Å². The minimum atomic E-state index is 0.527. The van der Waals surface area contributed by atoms with Crippen LogP contribution in [0.4, 0.5) is 17.5 Å². The van der Waals surface area contributed by atoms with Crippen molar-refractivity contribution in [2.75, 3.05) is 16.8 Å². The van der Waals surface area contributed by atoms with Crippen LogP contribution in [0.1, 0.15) is 32.6 Å². The SMILES string of the molecule is CCC1CCCCN1c1nccc(Nc2cc(Cl)cc(Cl)c2)n1. The molecule has 0 spiro atoms. The fraction of sp³-hybridized carbons (Fsp3) is 0.412. The van der Waals surface area contributed by atoms with Gasteiger partial charge in [-0.2, -0.15) is 4.98 Å². The van der Waals surface area contributed by atoms with Gasteiger partial charge in [-0.25, -0.2) is 4.98 Å². The highest BCUT2D eigenvalue weighted by Crippen LogP contribution is 2.27. The van der Waals surface area contributed by atoms with Gasteiger partial charge in [0, 0.05) is 34.5 Å². The predicted octanol–water partition coefficient (Wildman–Crippen LogP) is 5.30. The molecule has 1 aliphatic heterocycles. The molecule has 1 aromatic heterocycles. The molecule has 23 heavy (non-hydrogen) atoms. The summed E-state index contributed by atoms with van der Waals surface area (Å²) in [6.07, 6.45) is 6.60. The van der Waals surface area contributed by atoms with Crippen molar-refractivity contribution >= 4 is 40.7 Å². The van der Waals surface area contributed by atoms with Crippen molar-refractivity contribution in [1.29, 1.82) is 0 Å². The highest BCUT2D eigenvalue weighted by atomic mass is 35.5. The number of halogens is 2. The maximum Gasteiger partial charge on any atom is 0.227 e. The number of anilines is 3. The average molecular weight is 351 g/mol. The standard InChI is InChI=1S/C17H20Cl2N4/c1-2-15-5-3-4-8-23(15)17-20-7-6-16(22-17)21-14-10-12(18)9-13(19)11-14/h6-7,9-11,15H,2-5,8H2,1H3,(H,20,21,22). The lowest BCUT2D eigenvalue weighted by molar-refractivity contribution is 0.443. The topological polar surface area (TPSA) is 41.1 Å². The molecule has 6 heteroatoms. The zero-order chi connectivity index (χ0) is 16.2. The predicted molar refractivity (Wildman–Crippen MR) is 97.1 cm³/mol. The monoisotopic (exact) mass is 350 g/mol. The van der Waals surface area contributed by atoms with E-state index in [0.29, 0.717) is 16.1 Å². The Morgan fingerprint density at radius 3 is 2.74 bits per heavy atom. The van der Waals surface area contributed by atoms with Gasteiger partial charge in [-0.3, -0.25) is 0 Å². The zero-order valence-corrected chi connectivity index (χ0v) is 14.6. The Bertz CT molecular complexity index is 657. The first-order chi connectivity index (χ1) is 11.2. The average Bonchev–Trinajstić information content (AvgIpc) is 2.54. The first kappa shape index (κ1) is 16.3. The van der Waals surface area contributed by atoms with Crippen LogP contribution in [0.5, 0.6) is 0 Å². The number of nitrogens with one attached hydrogen (secondary N) is 1. The molecule has 3 rings (SSSR count). The van der Waals surface area contributed by atoms with Gasteiger partial charge in [0.25, 0.3) is 0 Å². The number of rotatable bonds is 4. The minimum Gasteiger partial charge on any atom is -0.340 e. The van der Waals surface area contributed by atoms with Crippen LogP contribution in [0.25, 0.3) is 0 Å². The lowest BCUT2D eigenvalue weighted by Crippen LogP contribution is -2.40. The molecule has 0 radical (unpaired) electrons. The van der Waals surface area contributed by atoms with Crippen molar-refractivity contribution < 1.29 is 0 Å². The number of hydrogen-bond acceptors (Lipinski definition) is 4. The molecule has 0 bridgehead atoms. The highest BCUT2D eigenvalue weighted by molar-refractivity contribution is 6.35. The molecule has 1 aromatic carbocycles. The molecule has 2 aromatic rings. The van der Waals surface area contributed by atoms with Crippen LogP contribution in [0.2, 0.25) is 10.0 Å². The first-order valence-corrected chi connectivity index (χ1v) is 8.74. The quantitative estimate of drug-likeness (QED) is 0.812. The normalized spacial score (nSPS) is 18.0. The van der Waals surface area contributed by atoms with Gasteiger partial charge in [0.05, 0.1) is 0 Å². The van der Waals surface area contributed by atoms with Crippen molar-refractivity contribution in [3.05, 3.63) is 40.5 Å². The Balaban J connectivity index is 1.81. The third-order valence-corrected chi connectivity index (χ3v) is 4.57. The van der Waals surface area contributed by atoms with E-state index in [1.165, 1.54) is 19.3 Å². The summed E-state index contributed by atoms with van der Waals surface area (Å²) in [5, 5.41) is 4.44. The van der Waals surface area contributed by atoms with Crippen LogP contribution in [-0.4, -0.2) is 22.6 Å². The van der Waals surface area contributed by atoms with Crippen molar-refractivity contribution in [3.63, 3.8) is 0 Å². The van der Waals surface area contributed by atoms with E-state index >= 15 is 0 Å². The summed E-state index contributed by atoms with van der Waals surface area (Å²) in [5.41, 5.74) is 0.817. The molecule has 1 fully saturated rings. The third kappa shape index (κ3) is 4.06. The van der Waals surface area contributed by atoms with Gasteiger partial charge in [-0.1, -0.05) is 30.1 Å². The molecule has 0 saturated carbocycles. The second-order valence-corrected chi connectivity index (χ2v) is 6.65. The Labute approximate surface area is 146 Å². The molecule has 0 amide bonds. The molecule has 1 unspecified atom stereocenters. The zero-order valence-electron chi connectivity index (χ0n) is 13.1. The molecule has 1 aliphatic rings. The van der Waals surface area contributed by atoms with E-state index in [0.717, 1.165) is 30.4 Å². The van der Waals surface area contributed by atoms with Crippen LogP contribution >= 0.6 is 23.2 Å². The van der Waals surface area contributed by atoms with Crippen molar-refractivity contribution in [3.8, 4) is 0 Å². The van der Waals surface area contributed by atoms with Crippen molar-refractivity contribution in [2.24, 2.45) is 0 Å². The summed E-state index contributed by atoms with van der Waals surface area (Å²) in [4.78, 5) is 11.4. The van der Waals surface area contributed by atoms with Gasteiger partial charge >= 0.3 is 0 Å². The molecule has 122 valence electrons. The van der Waals surface area contributed by atoms with Crippen LogP contribution in [0.3, 0.4) is 0 Å². The van der Waals surface area contributed by atoms with E-state index in [4.69, 9.17) is 23.2 Å². The van der Waals surface area contributed by atoms with E-state index in [-0.39, 0.29) is 0 Å². The summed E-state index contributed by atoms with van der Waals surface area (Å²) in [7, 11) is 0. The Morgan fingerprint density at radius 2 is 2.00 bits per heavy atom. The van der Waals surface area contributed by atoms with Crippen LogP contribution in [-0.2, 0) is 0 Å². The summed E-state index contributed by atoms with van der Waals surface area (Å²) in [6, 6.07) is 7.73. The van der Waals surface area contributed by atoms with Crippen molar-refractivity contribution in [2.45, 2.75) is 38.6 Å². The van der Waals surface area contributed by atoms with E-state index in [1.807, 2.05) is 18.2 Å². The molecular formula is C17H20Cl2N4. The second kappa shape index (κ2) is 7.37. The van der Waals surface area contributed by atoms with Crippen LogP contribution in [0, 0.1) is 0 Å². The van der Waals surface area contributed by atoms with Gasteiger partial charge in [-0.15, -0.1) is 0 Å². The Hall–Kier alpha value is -1.52. The minimum absolute atomic E-state index is 0.527. The third-order valence-electron chi connectivity index (χ3n) is 4.13. The highest BCUT2D eigenvalue weighted by Gasteiger charge is 2.23. The van der Waals surface area contributed by atoms with Crippen molar-refractivity contribution in [1.82, 2.24) is 9.97 Å². The largest absolute Gasteiger partial charge is 0.340 e. The summed E-state index contributed by atoms with van der Waals surface area (Å²) >= 11 is 12.1. The molecule has 1 N–H and O–H groups in total. The second-order valence-electron chi connectivity index (χ2n) is 5.78. The van der Waals surface area contributed by atoms with E-state index in [1.54, 1.807) is 12.3 Å². The Morgan fingerprint density at radius 1 is 1.22 bits per heavy atom. The molecule has 1 atom stereocenters.